The predicted octanol–water partition coefficient (Wildman–Crippen LogP) is 1.64. The van der Waals surface area contributed by atoms with Crippen molar-refractivity contribution in [3.63, 3.8) is 0 Å². The number of benzene rings is 1. The van der Waals surface area contributed by atoms with Crippen LogP contribution in [-0.4, -0.2) is 33.0 Å². The predicted molar refractivity (Wildman–Crippen MR) is 98.7 cm³/mol. The number of ether oxygens (including phenoxy) is 1. The smallest absolute Gasteiger partial charge is 0.254 e. The molecule has 0 spiro atoms. The van der Waals surface area contributed by atoms with Crippen LogP contribution in [0.15, 0.2) is 43.1 Å². The second-order valence-electron chi connectivity index (χ2n) is 6.00. The summed E-state index contributed by atoms with van der Waals surface area (Å²) < 4.78 is 5.44. The highest BCUT2D eigenvalue weighted by atomic mass is 16.5. The molecule has 1 aliphatic rings. The van der Waals surface area contributed by atoms with Gasteiger partial charge in [-0.2, -0.15) is 4.98 Å². The van der Waals surface area contributed by atoms with E-state index in [9.17, 15) is 4.79 Å². The molecule has 9 nitrogen and oxygen atoms in total. The lowest BCUT2D eigenvalue weighted by atomic mass is 10.1. The molecule has 1 aliphatic heterocycles. The van der Waals surface area contributed by atoms with E-state index in [4.69, 9.17) is 10.5 Å². The Morgan fingerprint density at radius 1 is 1.22 bits per heavy atom. The van der Waals surface area contributed by atoms with Crippen LogP contribution in [0.2, 0.25) is 0 Å². The standard InChI is InChI=1S/C18H17N7O2/c1-27-15-4-2-3-11-8-25(9-14(11)15)17-13(16(19)26)7-22-18(24-17)23-12-5-20-10-21-6-12/h2-7,10H,8-9H2,1H3,(H2,19,26)(H,22,23,24). The second kappa shape index (κ2) is 6.87. The van der Waals surface area contributed by atoms with Crippen LogP contribution in [0.3, 0.4) is 0 Å². The maximum Gasteiger partial charge on any atom is 0.254 e. The molecule has 4 rings (SSSR count). The summed E-state index contributed by atoms with van der Waals surface area (Å²) in [5.41, 5.74) is 8.63. The van der Waals surface area contributed by atoms with Crippen molar-refractivity contribution < 1.29 is 9.53 Å². The zero-order chi connectivity index (χ0) is 18.8. The van der Waals surface area contributed by atoms with Gasteiger partial charge in [-0.3, -0.25) is 4.79 Å². The van der Waals surface area contributed by atoms with Gasteiger partial charge in [-0.05, 0) is 11.6 Å². The lowest BCUT2D eigenvalue weighted by molar-refractivity contribution is 0.1000. The highest BCUT2D eigenvalue weighted by Crippen LogP contribution is 2.34. The molecule has 0 radical (unpaired) electrons. The number of primary amides is 1. The van der Waals surface area contributed by atoms with Crippen molar-refractivity contribution in [1.29, 1.82) is 0 Å². The third kappa shape index (κ3) is 3.22. The number of carbonyl (C=O) groups is 1. The Balaban J connectivity index is 1.69. The Bertz CT molecular complexity index is 994. The van der Waals surface area contributed by atoms with Crippen molar-refractivity contribution in [1.82, 2.24) is 19.9 Å². The van der Waals surface area contributed by atoms with Crippen molar-refractivity contribution in [3.8, 4) is 5.75 Å². The summed E-state index contributed by atoms with van der Waals surface area (Å²) in [6, 6.07) is 5.89. The molecule has 136 valence electrons. The number of anilines is 3. The number of aromatic nitrogens is 4. The van der Waals surface area contributed by atoms with Gasteiger partial charge in [-0.25, -0.2) is 15.0 Å². The van der Waals surface area contributed by atoms with E-state index in [0.717, 1.165) is 16.9 Å². The lowest BCUT2D eigenvalue weighted by Crippen LogP contribution is -2.23. The first-order valence-electron chi connectivity index (χ1n) is 8.24. The maximum absolute atomic E-state index is 11.9. The van der Waals surface area contributed by atoms with Gasteiger partial charge in [0.05, 0.1) is 25.2 Å². The molecule has 3 N–H and O–H groups in total. The normalized spacial score (nSPS) is 12.6. The van der Waals surface area contributed by atoms with Crippen LogP contribution in [0.1, 0.15) is 21.5 Å². The SMILES string of the molecule is COc1cccc2c1CN(c1nc(Nc3cncnc3)ncc1C(N)=O)C2. The molecule has 9 heteroatoms. The third-order valence-corrected chi connectivity index (χ3v) is 4.31. The number of methoxy groups -OCH3 is 1. The Morgan fingerprint density at radius 2 is 2.04 bits per heavy atom. The minimum absolute atomic E-state index is 0.261. The number of nitrogens with one attached hydrogen (secondary N) is 1. The fourth-order valence-corrected chi connectivity index (χ4v) is 3.07. The minimum atomic E-state index is -0.581. The molecule has 0 atom stereocenters. The number of nitrogens with two attached hydrogens (primary N) is 1. The number of nitrogens with zero attached hydrogens (tertiary/aromatic N) is 5. The van der Waals surface area contributed by atoms with Crippen LogP contribution in [0.5, 0.6) is 5.75 Å². The highest BCUT2D eigenvalue weighted by molar-refractivity contribution is 5.97. The molecule has 0 aliphatic carbocycles. The Kier molecular flexibility index (Phi) is 4.25. The molecule has 0 bridgehead atoms. The number of hydrogen-bond acceptors (Lipinski definition) is 8. The summed E-state index contributed by atoms with van der Waals surface area (Å²) in [4.78, 5) is 30.5. The number of fused-ring (bicyclic) bond motifs is 1. The quantitative estimate of drug-likeness (QED) is 0.702. The van der Waals surface area contributed by atoms with Gasteiger partial charge in [-0.15, -0.1) is 0 Å². The van der Waals surface area contributed by atoms with Gasteiger partial charge in [0.25, 0.3) is 5.91 Å². The number of carbonyl (C=O) groups excluding carboxylic acids is 1. The average Bonchev–Trinajstić information content (AvgIpc) is 3.13. The van der Waals surface area contributed by atoms with Crippen molar-refractivity contribution in [2.75, 3.05) is 17.3 Å². The molecule has 1 aromatic carbocycles. The fraction of sp³-hybridized carbons (Fsp3) is 0.167. The van der Waals surface area contributed by atoms with Gasteiger partial charge in [0, 0.05) is 24.8 Å². The summed E-state index contributed by atoms with van der Waals surface area (Å²) in [7, 11) is 1.64. The highest BCUT2D eigenvalue weighted by Gasteiger charge is 2.27. The van der Waals surface area contributed by atoms with Crippen LogP contribution in [0.4, 0.5) is 17.5 Å². The molecular weight excluding hydrogens is 346 g/mol. The van der Waals surface area contributed by atoms with E-state index in [1.807, 2.05) is 23.1 Å². The Hall–Kier alpha value is -3.75. The monoisotopic (exact) mass is 363 g/mol. The van der Waals surface area contributed by atoms with Crippen LogP contribution in [-0.2, 0) is 13.1 Å². The van der Waals surface area contributed by atoms with Crippen molar-refractivity contribution in [2.45, 2.75) is 13.1 Å². The largest absolute Gasteiger partial charge is 0.496 e. The minimum Gasteiger partial charge on any atom is -0.496 e. The summed E-state index contributed by atoms with van der Waals surface area (Å²) in [5.74, 6) is 1.02. The van der Waals surface area contributed by atoms with E-state index in [-0.39, 0.29) is 5.56 Å². The molecule has 27 heavy (non-hydrogen) atoms. The average molecular weight is 363 g/mol. The summed E-state index contributed by atoms with van der Waals surface area (Å²) in [6.07, 6.45) is 6.07. The number of hydrogen-bond donors (Lipinski definition) is 2. The van der Waals surface area contributed by atoms with Crippen LogP contribution in [0, 0.1) is 0 Å². The molecule has 0 saturated heterocycles. The zero-order valence-electron chi connectivity index (χ0n) is 14.6. The molecule has 3 heterocycles. The molecule has 0 saturated carbocycles. The van der Waals surface area contributed by atoms with Crippen molar-refractivity contribution in [2.24, 2.45) is 5.73 Å². The Labute approximate surface area is 155 Å². The van der Waals surface area contributed by atoms with Crippen LogP contribution >= 0.6 is 0 Å². The number of rotatable bonds is 5. The van der Waals surface area contributed by atoms with Gasteiger partial charge >= 0.3 is 0 Å². The van der Waals surface area contributed by atoms with E-state index >= 15 is 0 Å². The second-order valence-corrected chi connectivity index (χ2v) is 6.00. The Morgan fingerprint density at radius 3 is 2.78 bits per heavy atom. The van der Waals surface area contributed by atoms with E-state index in [2.05, 4.69) is 25.3 Å². The van der Waals surface area contributed by atoms with E-state index in [1.165, 1.54) is 12.5 Å². The van der Waals surface area contributed by atoms with E-state index < -0.39 is 5.91 Å². The molecule has 3 aromatic rings. The van der Waals surface area contributed by atoms with Gasteiger partial charge in [-0.1, -0.05) is 12.1 Å². The summed E-state index contributed by atoms with van der Waals surface area (Å²) >= 11 is 0. The zero-order valence-corrected chi connectivity index (χ0v) is 14.6. The van der Waals surface area contributed by atoms with Gasteiger partial charge in [0.15, 0.2) is 0 Å². The first kappa shape index (κ1) is 16.7. The first-order valence-corrected chi connectivity index (χ1v) is 8.24. The molecular formula is C18H17N7O2. The van der Waals surface area contributed by atoms with E-state index in [0.29, 0.717) is 30.5 Å². The fourth-order valence-electron chi connectivity index (χ4n) is 3.07. The van der Waals surface area contributed by atoms with Gasteiger partial charge in [0.1, 0.15) is 23.5 Å². The molecule has 1 amide bonds. The third-order valence-electron chi connectivity index (χ3n) is 4.31. The molecule has 0 fully saturated rings. The topological polar surface area (TPSA) is 119 Å². The van der Waals surface area contributed by atoms with E-state index in [1.54, 1.807) is 19.5 Å². The molecule has 2 aromatic heterocycles. The van der Waals surface area contributed by atoms with Gasteiger partial charge in [0.2, 0.25) is 5.95 Å². The first-order chi connectivity index (χ1) is 13.2. The number of amides is 1. The van der Waals surface area contributed by atoms with Crippen LogP contribution < -0.4 is 20.7 Å². The molecule has 0 unspecified atom stereocenters. The lowest BCUT2D eigenvalue weighted by Gasteiger charge is -2.19. The van der Waals surface area contributed by atoms with Crippen molar-refractivity contribution in [3.05, 3.63) is 59.8 Å². The van der Waals surface area contributed by atoms with Crippen molar-refractivity contribution >= 4 is 23.4 Å². The van der Waals surface area contributed by atoms with Crippen LogP contribution in [0.25, 0.3) is 0 Å². The van der Waals surface area contributed by atoms with Gasteiger partial charge < -0.3 is 20.7 Å². The maximum atomic E-state index is 11.9. The summed E-state index contributed by atoms with van der Waals surface area (Å²) in [5, 5.41) is 3.03. The summed E-state index contributed by atoms with van der Waals surface area (Å²) in [6.45, 7) is 1.16.